The van der Waals surface area contributed by atoms with E-state index in [1.807, 2.05) is 18.2 Å². The molecule has 0 unspecified atom stereocenters. The summed E-state index contributed by atoms with van der Waals surface area (Å²) < 4.78 is 31.2. The molecule has 3 aromatic rings. The molecular weight excluding hydrogens is 484 g/mol. The molecule has 2 aliphatic rings. The highest BCUT2D eigenvalue weighted by Crippen LogP contribution is 2.42. The van der Waals surface area contributed by atoms with Crippen molar-refractivity contribution in [3.8, 4) is 5.75 Å². The minimum atomic E-state index is -3.10. The molecule has 7 nitrogen and oxygen atoms in total. The molecule has 8 heteroatoms. The van der Waals surface area contributed by atoms with Gasteiger partial charge in [-0.15, -0.1) is 0 Å². The number of piperidine rings is 1. The number of hydrogen-bond donors (Lipinski definition) is 0. The van der Waals surface area contributed by atoms with Crippen LogP contribution < -0.4 is 9.64 Å². The number of aromatic nitrogens is 2. The number of nitrogens with zero attached hydrogens (tertiary/aromatic N) is 4. The summed E-state index contributed by atoms with van der Waals surface area (Å²) in [4.78, 5) is 11.4. The second-order valence-electron chi connectivity index (χ2n) is 11.2. The molecule has 3 heterocycles. The van der Waals surface area contributed by atoms with E-state index in [1.165, 1.54) is 22.9 Å². The molecule has 0 bridgehead atoms. The van der Waals surface area contributed by atoms with E-state index in [4.69, 9.17) is 9.72 Å². The minimum absolute atomic E-state index is 0.0935. The van der Waals surface area contributed by atoms with Crippen molar-refractivity contribution in [2.45, 2.75) is 45.6 Å². The van der Waals surface area contributed by atoms with Gasteiger partial charge >= 0.3 is 0 Å². The first-order valence-corrected chi connectivity index (χ1v) is 14.7. The van der Waals surface area contributed by atoms with Gasteiger partial charge in [0.1, 0.15) is 12.4 Å². The largest absolute Gasteiger partial charge is 0.487 e. The molecule has 0 radical (unpaired) electrons. The van der Waals surface area contributed by atoms with Gasteiger partial charge in [0.2, 0.25) is 16.0 Å². The molecule has 2 fully saturated rings. The van der Waals surface area contributed by atoms with E-state index in [0.717, 1.165) is 37.4 Å². The summed E-state index contributed by atoms with van der Waals surface area (Å²) in [6.07, 6.45) is 4.84. The Kier molecular flexibility index (Phi) is 6.75. The van der Waals surface area contributed by atoms with Crippen molar-refractivity contribution in [2.75, 3.05) is 37.3 Å². The summed E-state index contributed by atoms with van der Waals surface area (Å²) >= 11 is 0. The van der Waals surface area contributed by atoms with Crippen LogP contribution in [0.2, 0.25) is 0 Å². The van der Waals surface area contributed by atoms with Gasteiger partial charge in [-0.05, 0) is 49.1 Å². The molecule has 2 aromatic carbocycles. The zero-order valence-corrected chi connectivity index (χ0v) is 23.0. The quantitative estimate of drug-likeness (QED) is 0.455. The van der Waals surface area contributed by atoms with Gasteiger partial charge in [-0.3, -0.25) is 0 Å². The summed E-state index contributed by atoms with van der Waals surface area (Å²) in [5, 5.41) is 0. The monoisotopic (exact) mass is 520 g/mol. The molecule has 37 heavy (non-hydrogen) atoms. The van der Waals surface area contributed by atoms with Crippen LogP contribution >= 0.6 is 0 Å². The van der Waals surface area contributed by atoms with Crippen LogP contribution in [-0.4, -0.2) is 55.1 Å². The lowest BCUT2D eigenvalue weighted by atomic mass is 9.72. The van der Waals surface area contributed by atoms with E-state index in [0.29, 0.717) is 25.6 Å². The third kappa shape index (κ3) is 5.50. The molecule has 1 aromatic heterocycles. The van der Waals surface area contributed by atoms with Crippen molar-refractivity contribution >= 4 is 16.0 Å². The van der Waals surface area contributed by atoms with Crippen LogP contribution in [0.15, 0.2) is 60.8 Å². The summed E-state index contributed by atoms with van der Waals surface area (Å²) in [6, 6.07) is 18.9. The zero-order chi connectivity index (χ0) is 26.3. The third-order valence-electron chi connectivity index (χ3n) is 8.02. The van der Waals surface area contributed by atoms with Gasteiger partial charge in [-0.1, -0.05) is 55.8 Å². The molecule has 5 rings (SSSR count). The summed E-state index contributed by atoms with van der Waals surface area (Å²) in [7, 11) is -3.10. The third-order valence-corrected chi connectivity index (χ3v) is 9.33. The zero-order valence-electron chi connectivity index (χ0n) is 22.1. The second-order valence-corrected chi connectivity index (χ2v) is 13.2. The van der Waals surface area contributed by atoms with E-state index in [1.54, 1.807) is 10.5 Å². The Hall–Kier alpha value is -2.97. The van der Waals surface area contributed by atoms with Gasteiger partial charge in [0.25, 0.3) is 0 Å². The van der Waals surface area contributed by atoms with Crippen LogP contribution in [0.3, 0.4) is 0 Å². The van der Waals surface area contributed by atoms with Crippen LogP contribution in [0, 0.1) is 12.3 Å². The molecule has 2 saturated heterocycles. The smallest absolute Gasteiger partial charge is 0.225 e. The maximum Gasteiger partial charge on any atom is 0.225 e. The van der Waals surface area contributed by atoms with Crippen molar-refractivity contribution in [1.29, 1.82) is 0 Å². The average molecular weight is 521 g/mol. The normalized spacial score (nSPS) is 18.0. The highest BCUT2D eigenvalue weighted by atomic mass is 32.2. The van der Waals surface area contributed by atoms with Crippen molar-refractivity contribution in [1.82, 2.24) is 14.3 Å². The lowest BCUT2D eigenvalue weighted by Gasteiger charge is -2.53. The van der Waals surface area contributed by atoms with E-state index in [-0.39, 0.29) is 10.8 Å². The van der Waals surface area contributed by atoms with Crippen molar-refractivity contribution < 1.29 is 13.2 Å². The highest BCUT2D eigenvalue weighted by Gasteiger charge is 2.46. The molecule has 0 N–H and O–H groups in total. The lowest BCUT2D eigenvalue weighted by molar-refractivity contribution is 0.113. The standard InChI is InChI=1S/C29H36N4O3S/c1-22-5-7-23(8-6-22)28(2,3)24-9-11-26(12-10-24)36-19-25-13-16-30-27(31-25)32-20-29(21-32)14-17-33(18-15-29)37(4,34)35/h5-13,16H,14-15,17-21H2,1-4H3. The minimum Gasteiger partial charge on any atom is -0.487 e. The molecule has 0 amide bonds. The molecule has 196 valence electrons. The maximum atomic E-state index is 11.8. The van der Waals surface area contributed by atoms with Gasteiger partial charge in [0.15, 0.2) is 0 Å². The molecule has 1 spiro atoms. The Morgan fingerprint density at radius 1 is 0.946 bits per heavy atom. The predicted molar refractivity (Wildman–Crippen MR) is 146 cm³/mol. The number of rotatable bonds is 7. The number of anilines is 1. The lowest BCUT2D eigenvalue weighted by Crippen LogP contribution is -2.61. The van der Waals surface area contributed by atoms with Crippen molar-refractivity contribution in [3.63, 3.8) is 0 Å². The fourth-order valence-electron chi connectivity index (χ4n) is 5.39. The van der Waals surface area contributed by atoms with Gasteiger partial charge in [0, 0.05) is 43.2 Å². The van der Waals surface area contributed by atoms with Gasteiger partial charge in [0.05, 0.1) is 11.9 Å². The Morgan fingerprint density at radius 3 is 2.14 bits per heavy atom. The fraction of sp³-hybridized carbons (Fsp3) is 0.448. The van der Waals surface area contributed by atoms with E-state index in [9.17, 15) is 8.42 Å². The molecule has 2 aliphatic heterocycles. The number of aryl methyl sites for hydroxylation is 1. The molecule has 0 aliphatic carbocycles. The number of hydrogen-bond acceptors (Lipinski definition) is 6. The number of ether oxygens (including phenoxy) is 1. The summed E-state index contributed by atoms with van der Waals surface area (Å²) in [5.41, 5.74) is 4.70. The van der Waals surface area contributed by atoms with Gasteiger partial charge in [-0.2, -0.15) is 0 Å². The van der Waals surface area contributed by atoms with Crippen LogP contribution in [0.4, 0.5) is 5.95 Å². The molecule has 0 saturated carbocycles. The van der Waals surface area contributed by atoms with Crippen molar-refractivity contribution in [3.05, 3.63) is 83.2 Å². The first-order valence-electron chi connectivity index (χ1n) is 12.9. The SMILES string of the molecule is Cc1ccc(C(C)(C)c2ccc(OCc3ccnc(N4CC5(CCN(S(C)(=O)=O)CC5)C4)n3)cc2)cc1. The van der Waals surface area contributed by atoms with Crippen LogP contribution in [0.5, 0.6) is 5.75 Å². The topological polar surface area (TPSA) is 75.6 Å². The van der Waals surface area contributed by atoms with Crippen molar-refractivity contribution in [2.24, 2.45) is 5.41 Å². The van der Waals surface area contributed by atoms with Crippen LogP contribution in [-0.2, 0) is 22.0 Å². The van der Waals surface area contributed by atoms with Crippen LogP contribution in [0.25, 0.3) is 0 Å². The predicted octanol–water partition coefficient (Wildman–Crippen LogP) is 4.55. The summed E-state index contributed by atoms with van der Waals surface area (Å²) in [6.45, 7) is 9.90. The second kappa shape index (κ2) is 9.72. The Morgan fingerprint density at radius 2 is 1.54 bits per heavy atom. The van der Waals surface area contributed by atoms with Crippen LogP contribution in [0.1, 0.15) is 49.1 Å². The number of benzene rings is 2. The van der Waals surface area contributed by atoms with E-state index >= 15 is 0 Å². The average Bonchev–Trinajstić information content (AvgIpc) is 2.86. The Balaban J connectivity index is 1.16. The summed E-state index contributed by atoms with van der Waals surface area (Å²) in [5.74, 6) is 1.52. The van der Waals surface area contributed by atoms with E-state index < -0.39 is 10.0 Å². The van der Waals surface area contributed by atoms with Gasteiger partial charge in [-0.25, -0.2) is 22.7 Å². The fourth-order valence-corrected chi connectivity index (χ4v) is 6.24. The highest BCUT2D eigenvalue weighted by molar-refractivity contribution is 7.88. The first-order chi connectivity index (χ1) is 17.5. The molecule has 0 atom stereocenters. The maximum absolute atomic E-state index is 11.8. The Bertz CT molecular complexity index is 1340. The first kappa shape index (κ1) is 25.7. The molecular formula is C29H36N4O3S. The van der Waals surface area contributed by atoms with E-state index in [2.05, 4.69) is 67.1 Å². The Labute approximate surface area is 220 Å². The van der Waals surface area contributed by atoms with Gasteiger partial charge < -0.3 is 9.64 Å². The number of sulfonamides is 1.